The van der Waals surface area contributed by atoms with Crippen LogP contribution in [0, 0.1) is 11.3 Å². The van der Waals surface area contributed by atoms with Gasteiger partial charge in [0.1, 0.15) is 12.2 Å². The molecule has 0 amide bonds. The molecular formula is C13H15BrN2O2. The van der Waals surface area contributed by atoms with E-state index in [0.29, 0.717) is 18.7 Å². The van der Waals surface area contributed by atoms with Gasteiger partial charge in [0.15, 0.2) is 5.79 Å². The number of nitrogens with zero attached hydrogens (tertiary/aromatic N) is 1. The number of nitriles is 1. The zero-order valence-corrected chi connectivity index (χ0v) is 12.0. The first-order valence-corrected chi connectivity index (χ1v) is 6.55. The molecule has 0 spiro atoms. The van der Waals surface area contributed by atoms with Gasteiger partial charge in [-0.1, -0.05) is 15.9 Å². The maximum Gasteiger partial charge on any atom is 0.163 e. The van der Waals surface area contributed by atoms with Crippen molar-refractivity contribution in [2.24, 2.45) is 0 Å². The van der Waals surface area contributed by atoms with Gasteiger partial charge in [0, 0.05) is 11.0 Å². The van der Waals surface area contributed by atoms with Crippen LogP contribution in [0.4, 0.5) is 5.69 Å². The van der Waals surface area contributed by atoms with E-state index in [-0.39, 0.29) is 6.10 Å². The van der Waals surface area contributed by atoms with Gasteiger partial charge >= 0.3 is 0 Å². The molecule has 96 valence electrons. The number of benzene rings is 1. The molecule has 4 nitrogen and oxygen atoms in total. The summed E-state index contributed by atoms with van der Waals surface area (Å²) in [6, 6.07) is 7.73. The lowest BCUT2D eigenvalue weighted by Gasteiger charge is -2.17. The Morgan fingerprint density at radius 2 is 2.33 bits per heavy atom. The molecule has 0 saturated carbocycles. The average Bonchev–Trinajstić information content (AvgIpc) is 2.67. The van der Waals surface area contributed by atoms with Gasteiger partial charge in [0.25, 0.3) is 0 Å². The number of rotatable bonds is 3. The van der Waals surface area contributed by atoms with E-state index in [9.17, 15) is 0 Å². The van der Waals surface area contributed by atoms with Crippen LogP contribution in [0.2, 0.25) is 0 Å². The Morgan fingerprint density at radius 1 is 1.56 bits per heavy atom. The largest absolute Gasteiger partial charge is 0.381 e. The van der Waals surface area contributed by atoms with Gasteiger partial charge in [-0.25, -0.2) is 0 Å². The van der Waals surface area contributed by atoms with Gasteiger partial charge in [-0.15, -0.1) is 0 Å². The Kier molecular flexibility index (Phi) is 3.91. The monoisotopic (exact) mass is 310 g/mol. The minimum Gasteiger partial charge on any atom is -0.381 e. The first kappa shape index (κ1) is 13.3. The molecule has 0 aromatic heterocycles. The van der Waals surface area contributed by atoms with Crippen molar-refractivity contribution in [3.63, 3.8) is 0 Å². The summed E-state index contributed by atoms with van der Waals surface area (Å²) in [5, 5.41) is 12.3. The van der Waals surface area contributed by atoms with Crippen molar-refractivity contribution in [3.8, 4) is 6.07 Å². The predicted molar refractivity (Wildman–Crippen MR) is 72.3 cm³/mol. The Bertz CT molecular complexity index is 482. The zero-order chi connectivity index (χ0) is 13.2. The highest BCUT2D eigenvalue weighted by atomic mass is 79.9. The third-order valence-electron chi connectivity index (χ3n) is 2.69. The molecule has 0 radical (unpaired) electrons. The first-order chi connectivity index (χ1) is 8.50. The van der Waals surface area contributed by atoms with E-state index in [1.807, 2.05) is 26.0 Å². The highest BCUT2D eigenvalue weighted by Gasteiger charge is 2.32. The lowest BCUT2D eigenvalue weighted by Crippen LogP contribution is -2.26. The molecule has 1 atom stereocenters. The highest BCUT2D eigenvalue weighted by molar-refractivity contribution is 9.10. The van der Waals surface area contributed by atoms with Crippen molar-refractivity contribution < 1.29 is 9.47 Å². The molecule has 0 bridgehead atoms. The van der Waals surface area contributed by atoms with Gasteiger partial charge in [0.2, 0.25) is 0 Å². The fraction of sp³-hybridized carbons (Fsp3) is 0.462. The fourth-order valence-corrected chi connectivity index (χ4v) is 2.21. The summed E-state index contributed by atoms with van der Waals surface area (Å²) >= 11 is 3.35. The van der Waals surface area contributed by atoms with Crippen LogP contribution >= 0.6 is 15.9 Å². The van der Waals surface area contributed by atoms with Crippen molar-refractivity contribution in [2.75, 3.05) is 18.5 Å². The summed E-state index contributed by atoms with van der Waals surface area (Å²) < 4.78 is 12.1. The molecular weight excluding hydrogens is 296 g/mol. The van der Waals surface area contributed by atoms with Gasteiger partial charge in [-0.2, -0.15) is 5.26 Å². The number of hydrogen-bond acceptors (Lipinski definition) is 4. The van der Waals surface area contributed by atoms with Crippen LogP contribution in [0.3, 0.4) is 0 Å². The molecule has 2 rings (SSSR count). The van der Waals surface area contributed by atoms with Crippen LogP contribution in [0.1, 0.15) is 19.4 Å². The summed E-state index contributed by atoms with van der Waals surface area (Å²) in [5.74, 6) is -0.510. The Labute approximate surface area is 115 Å². The number of ether oxygens (including phenoxy) is 2. The molecule has 1 aromatic rings. The molecule has 18 heavy (non-hydrogen) atoms. The van der Waals surface area contributed by atoms with E-state index < -0.39 is 5.79 Å². The Morgan fingerprint density at radius 3 is 2.94 bits per heavy atom. The van der Waals surface area contributed by atoms with Gasteiger partial charge < -0.3 is 14.8 Å². The molecule has 1 aromatic carbocycles. The molecule has 1 N–H and O–H groups in total. The minimum atomic E-state index is -0.510. The van der Waals surface area contributed by atoms with Crippen LogP contribution in [0.25, 0.3) is 0 Å². The molecule has 1 aliphatic heterocycles. The summed E-state index contributed by atoms with van der Waals surface area (Å²) in [6.07, 6.45) is 0.00943. The predicted octanol–water partition coefficient (Wildman–Crippen LogP) is 2.88. The molecule has 1 fully saturated rings. The average molecular weight is 311 g/mol. The smallest absolute Gasteiger partial charge is 0.163 e. The molecule has 1 heterocycles. The van der Waals surface area contributed by atoms with E-state index in [4.69, 9.17) is 14.7 Å². The van der Waals surface area contributed by atoms with Gasteiger partial charge in [-0.05, 0) is 32.0 Å². The highest BCUT2D eigenvalue weighted by Crippen LogP contribution is 2.24. The quantitative estimate of drug-likeness (QED) is 0.932. The van der Waals surface area contributed by atoms with E-state index in [1.165, 1.54) is 0 Å². The molecule has 0 aliphatic carbocycles. The van der Waals surface area contributed by atoms with Crippen molar-refractivity contribution in [2.45, 2.75) is 25.7 Å². The van der Waals surface area contributed by atoms with E-state index >= 15 is 0 Å². The summed E-state index contributed by atoms with van der Waals surface area (Å²) in [4.78, 5) is 0. The minimum absolute atomic E-state index is 0.00943. The summed E-state index contributed by atoms with van der Waals surface area (Å²) in [5.41, 5.74) is 1.43. The second-order valence-electron chi connectivity index (χ2n) is 4.63. The Hall–Kier alpha value is -1.09. The van der Waals surface area contributed by atoms with Crippen LogP contribution in [-0.2, 0) is 9.47 Å². The van der Waals surface area contributed by atoms with Crippen molar-refractivity contribution in [1.82, 2.24) is 0 Å². The first-order valence-electron chi connectivity index (χ1n) is 5.75. The lowest BCUT2D eigenvalue weighted by molar-refractivity contribution is -0.136. The van der Waals surface area contributed by atoms with E-state index in [1.54, 1.807) is 6.07 Å². The van der Waals surface area contributed by atoms with E-state index in [2.05, 4.69) is 27.3 Å². The standard InChI is InChI=1S/C13H15BrN2O2/c1-13(2)17-8-11(18-13)7-16-12-4-3-10(14)5-9(12)6-15/h3-5,11,16H,7-8H2,1-2H3. The van der Waals surface area contributed by atoms with Crippen molar-refractivity contribution in [3.05, 3.63) is 28.2 Å². The Balaban J connectivity index is 1.97. The molecule has 5 heteroatoms. The zero-order valence-electron chi connectivity index (χ0n) is 10.4. The molecule has 1 saturated heterocycles. The third kappa shape index (κ3) is 3.22. The third-order valence-corrected chi connectivity index (χ3v) is 3.18. The summed E-state index contributed by atoms with van der Waals surface area (Å²) in [7, 11) is 0. The summed E-state index contributed by atoms with van der Waals surface area (Å²) in [6.45, 7) is 4.98. The van der Waals surface area contributed by atoms with Crippen molar-refractivity contribution in [1.29, 1.82) is 5.26 Å². The van der Waals surface area contributed by atoms with Crippen LogP contribution in [0.5, 0.6) is 0 Å². The number of anilines is 1. The molecule has 1 unspecified atom stereocenters. The maximum absolute atomic E-state index is 9.05. The van der Waals surface area contributed by atoms with Gasteiger partial charge in [0.05, 0.1) is 17.9 Å². The van der Waals surface area contributed by atoms with Crippen LogP contribution in [0.15, 0.2) is 22.7 Å². The fourth-order valence-electron chi connectivity index (χ4n) is 1.85. The van der Waals surface area contributed by atoms with Crippen LogP contribution < -0.4 is 5.32 Å². The normalized spacial score (nSPS) is 21.6. The second-order valence-corrected chi connectivity index (χ2v) is 5.55. The second kappa shape index (κ2) is 5.27. The van der Waals surface area contributed by atoms with Gasteiger partial charge in [-0.3, -0.25) is 0 Å². The van der Waals surface area contributed by atoms with Crippen molar-refractivity contribution >= 4 is 21.6 Å². The SMILES string of the molecule is CC1(C)OCC(CNc2ccc(Br)cc2C#N)O1. The van der Waals surface area contributed by atoms with E-state index in [0.717, 1.165) is 10.2 Å². The number of nitrogens with one attached hydrogen (secondary N) is 1. The molecule has 1 aliphatic rings. The topological polar surface area (TPSA) is 54.3 Å². The lowest BCUT2D eigenvalue weighted by atomic mass is 10.2. The van der Waals surface area contributed by atoms with Crippen LogP contribution in [-0.4, -0.2) is 25.0 Å². The number of hydrogen-bond donors (Lipinski definition) is 1. The maximum atomic E-state index is 9.05. The number of halogens is 1.